The van der Waals surface area contributed by atoms with E-state index in [0.29, 0.717) is 0 Å². The van der Waals surface area contributed by atoms with Crippen molar-refractivity contribution in [3.05, 3.63) is 0 Å². The molecule has 0 aromatic rings. The molecule has 0 amide bonds. The Balaban J connectivity index is 0.000000791. The summed E-state index contributed by atoms with van der Waals surface area (Å²) in [6.45, 7) is 5.70. The number of ketones is 1. The SMILES string of the molecule is CC.CC(C=O)C(=O)C1CCCCC1. The van der Waals surface area contributed by atoms with Gasteiger partial charge in [0.2, 0.25) is 0 Å². The highest BCUT2D eigenvalue weighted by molar-refractivity contribution is 5.94. The van der Waals surface area contributed by atoms with Crippen molar-refractivity contribution in [3.8, 4) is 0 Å². The van der Waals surface area contributed by atoms with Gasteiger partial charge in [0.25, 0.3) is 0 Å². The Hall–Kier alpha value is -0.660. The van der Waals surface area contributed by atoms with Gasteiger partial charge >= 0.3 is 0 Å². The van der Waals surface area contributed by atoms with Crippen LogP contribution in [-0.2, 0) is 9.59 Å². The van der Waals surface area contributed by atoms with Gasteiger partial charge in [0.1, 0.15) is 12.1 Å². The lowest BCUT2D eigenvalue weighted by Gasteiger charge is -2.21. The Labute approximate surface area is 87.1 Å². The van der Waals surface area contributed by atoms with E-state index < -0.39 is 0 Å². The summed E-state index contributed by atoms with van der Waals surface area (Å²) >= 11 is 0. The van der Waals surface area contributed by atoms with E-state index >= 15 is 0 Å². The van der Waals surface area contributed by atoms with Crippen molar-refractivity contribution in [2.24, 2.45) is 11.8 Å². The largest absolute Gasteiger partial charge is 0.303 e. The van der Waals surface area contributed by atoms with Crippen LogP contribution in [0.3, 0.4) is 0 Å². The second-order valence-electron chi connectivity index (χ2n) is 3.66. The topological polar surface area (TPSA) is 34.1 Å². The fraction of sp³-hybridized carbons (Fsp3) is 0.833. The quantitative estimate of drug-likeness (QED) is 0.516. The van der Waals surface area contributed by atoms with Crippen molar-refractivity contribution in [2.75, 3.05) is 0 Å². The molecule has 1 atom stereocenters. The number of carbonyl (C=O) groups excluding carboxylic acids is 2. The third kappa shape index (κ3) is 4.03. The van der Waals surface area contributed by atoms with Crippen LogP contribution in [0.15, 0.2) is 0 Å². The predicted molar refractivity (Wildman–Crippen MR) is 58.2 cm³/mol. The molecule has 1 unspecified atom stereocenters. The maximum absolute atomic E-state index is 11.5. The first-order chi connectivity index (χ1) is 6.75. The number of aldehydes is 1. The summed E-state index contributed by atoms with van der Waals surface area (Å²) in [5, 5.41) is 0. The van der Waals surface area contributed by atoms with Gasteiger partial charge in [-0.25, -0.2) is 0 Å². The van der Waals surface area contributed by atoms with Gasteiger partial charge in [0.05, 0.1) is 5.92 Å². The fourth-order valence-corrected chi connectivity index (χ4v) is 1.83. The van der Waals surface area contributed by atoms with Crippen LogP contribution >= 0.6 is 0 Å². The van der Waals surface area contributed by atoms with E-state index in [1.807, 2.05) is 13.8 Å². The number of Topliss-reactive ketones (excluding diaryl/α,β-unsaturated/α-hetero) is 1. The van der Waals surface area contributed by atoms with Gasteiger partial charge in [-0.2, -0.15) is 0 Å². The molecule has 0 bridgehead atoms. The van der Waals surface area contributed by atoms with E-state index in [9.17, 15) is 9.59 Å². The molecule has 0 aromatic carbocycles. The van der Waals surface area contributed by atoms with E-state index in [2.05, 4.69) is 0 Å². The minimum absolute atomic E-state index is 0.157. The van der Waals surface area contributed by atoms with Crippen molar-refractivity contribution in [3.63, 3.8) is 0 Å². The maximum Gasteiger partial charge on any atom is 0.145 e. The molecule has 1 saturated carbocycles. The van der Waals surface area contributed by atoms with Gasteiger partial charge in [0.15, 0.2) is 0 Å². The van der Waals surface area contributed by atoms with Crippen LogP contribution in [0.5, 0.6) is 0 Å². The van der Waals surface area contributed by atoms with Gasteiger partial charge in [-0.15, -0.1) is 0 Å². The summed E-state index contributed by atoms with van der Waals surface area (Å²) in [7, 11) is 0. The molecule has 0 spiro atoms. The van der Waals surface area contributed by atoms with Crippen molar-refractivity contribution >= 4 is 12.1 Å². The number of hydrogen-bond donors (Lipinski definition) is 0. The van der Waals surface area contributed by atoms with E-state index in [1.165, 1.54) is 6.42 Å². The van der Waals surface area contributed by atoms with Crippen molar-refractivity contribution in [2.45, 2.75) is 52.9 Å². The molecule has 0 aliphatic heterocycles. The molecule has 1 aliphatic rings. The lowest BCUT2D eigenvalue weighted by atomic mass is 9.82. The van der Waals surface area contributed by atoms with Gasteiger partial charge in [0, 0.05) is 5.92 Å². The highest BCUT2D eigenvalue weighted by Gasteiger charge is 2.24. The Morgan fingerprint density at radius 1 is 1.21 bits per heavy atom. The van der Waals surface area contributed by atoms with Crippen LogP contribution < -0.4 is 0 Å². The minimum atomic E-state index is -0.381. The first-order valence-corrected chi connectivity index (χ1v) is 5.74. The molecule has 1 aliphatic carbocycles. The van der Waals surface area contributed by atoms with Crippen LogP contribution in [-0.4, -0.2) is 12.1 Å². The van der Waals surface area contributed by atoms with Crippen LogP contribution in [0.25, 0.3) is 0 Å². The van der Waals surface area contributed by atoms with Crippen LogP contribution in [0, 0.1) is 11.8 Å². The first-order valence-electron chi connectivity index (χ1n) is 5.74. The molecule has 1 rings (SSSR count). The molecular formula is C12H22O2. The molecule has 2 heteroatoms. The van der Waals surface area contributed by atoms with Gasteiger partial charge < -0.3 is 4.79 Å². The zero-order valence-corrected chi connectivity index (χ0v) is 9.58. The van der Waals surface area contributed by atoms with Crippen LogP contribution in [0.4, 0.5) is 0 Å². The molecule has 14 heavy (non-hydrogen) atoms. The van der Waals surface area contributed by atoms with Gasteiger partial charge in [-0.1, -0.05) is 33.1 Å². The van der Waals surface area contributed by atoms with Crippen LogP contribution in [0.1, 0.15) is 52.9 Å². The third-order valence-electron chi connectivity index (χ3n) is 2.66. The Morgan fingerprint density at radius 3 is 2.14 bits per heavy atom. The molecule has 82 valence electrons. The summed E-state index contributed by atoms with van der Waals surface area (Å²) in [5.74, 6) is -0.0447. The monoisotopic (exact) mass is 198 g/mol. The van der Waals surface area contributed by atoms with Crippen molar-refractivity contribution in [1.29, 1.82) is 0 Å². The molecule has 0 saturated heterocycles. The third-order valence-corrected chi connectivity index (χ3v) is 2.66. The molecule has 0 N–H and O–H groups in total. The summed E-state index contributed by atoms with van der Waals surface area (Å²) in [6.07, 6.45) is 6.31. The van der Waals surface area contributed by atoms with Crippen molar-refractivity contribution < 1.29 is 9.59 Å². The van der Waals surface area contributed by atoms with Gasteiger partial charge in [-0.05, 0) is 19.8 Å². The second kappa shape index (κ2) is 7.72. The Bertz CT molecular complexity index is 169. The maximum atomic E-state index is 11.5. The molecular weight excluding hydrogens is 176 g/mol. The number of rotatable bonds is 3. The Morgan fingerprint density at radius 2 is 1.71 bits per heavy atom. The summed E-state index contributed by atoms with van der Waals surface area (Å²) in [5.41, 5.74) is 0. The first kappa shape index (κ1) is 13.3. The normalized spacial score (nSPS) is 19.1. The van der Waals surface area contributed by atoms with Crippen LogP contribution in [0.2, 0.25) is 0 Å². The highest BCUT2D eigenvalue weighted by Crippen LogP contribution is 2.26. The minimum Gasteiger partial charge on any atom is -0.303 e. The van der Waals surface area contributed by atoms with E-state index in [0.717, 1.165) is 32.0 Å². The lowest BCUT2D eigenvalue weighted by Crippen LogP contribution is -2.24. The average molecular weight is 198 g/mol. The molecule has 0 heterocycles. The zero-order chi connectivity index (χ0) is 11.0. The smallest absolute Gasteiger partial charge is 0.145 e. The van der Waals surface area contributed by atoms with E-state index in [1.54, 1.807) is 6.92 Å². The van der Waals surface area contributed by atoms with E-state index in [-0.39, 0.29) is 17.6 Å². The lowest BCUT2D eigenvalue weighted by molar-refractivity contribution is -0.130. The summed E-state index contributed by atoms with van der Waals surface area (Å²) < 4.78 is 0. The molecule has 1 fully saturated rings. The van der Waals surface area contributed by atoms with Gasteiger partial charge in [-0.3, -0.25) is 4.79 Å². The number of carbonyl (C=O) groups is 2. The summed E-state index contributed by atoms with van der Waals surface area (Å²) in [4.78, 5) is 21.9. The number of hydrogen-bond acceptors (Lipinski definition) is 2. The average Bonchev–Trinajstić information content (AvgIpc) is 2.31. The van der Waals surface area contributed by atoms with Crippen molar-refractivity contribution in [1.82, 2.24) is 0 Å². The predicted octanol–water partition coefficient (Wildman–Crippen LogP) is 3.00. The molecule has 2 nitrogen and oxygen atoms in total. The highest BCUT2D eigenvalue weighted by atomic mass is 16.1. The second-order valence-corrected chi connectivity index (χ2v) is 3.66. The molecule has 0 radical (unpaired) electrons. The standard InChI is InChI=1S/C10H16O2.C2H6/c1-8(7-11)10(12)9-5-3-2-4-6-9;1-2/h7-9H,2-6H2,1H3;1-2H3. The van der Waals surface area contributed by atoms with E-state index in [4.69, 9.17) is 0 Å². The molecule has 0 aromatic heterocycles. The Kier molecular flexibility index (Phi) is 7.35. The fourth-order valence-electron chi connectivity index (χ4n) is 1.83. The summed E-state index contributed by atoms with van der Waals surface area (Å²) in [6, 6.07) is 0. The zero-order valence-electron chi connectivity index (χ0n) is 9.58.